The molecule has 1 aliphatic heterocycles. The molecule has 1 heterocycles. The molecule has 1 atom stereocenters. The van der Waals surface area contributed by atoms with Gasteiger partial charge >= 0.3 is 0 Å². The minimum absolute atomic E-state index is 0.208. The first kappa shape index (κ1) is 14.4. The number of nitrogens with zero attached hydrogens (tertiary/aromatic N) is 2. The van der Waals surface area contributed by atoms with Crippen molar-refractivity contribution < 1.29 is 5.11 Å². The average molecular weight is 262 g/mol. The van der Waals surface area contributed by atoms with E-state index in [2.05, 4.69) is 55.0 Å². The lowest BCUT2D eigenvalue weighted by Gasteiger charge is -2.46. The molecule has 2 rings (SSSR count). The quantitative estimate of drug-likeness (QED) is 0.907. The Balaban J connectivity index is 2.10. The molecule has 3 heteroatoms. The molecule has 106 valence electrons. The van der Waals surface area contributed by atoms with E-state index in [1.165, 1.54) is 5.69 Å². The van der Waals surface area contributed by atoms with E-state index in [1.807, 2.05) is 6.92 Å². The fourth-order valence-electron chi connectivity index (χ4n) is 2.60. The normalized spacial score (nSPS) is 21.4. The number of aliphatic hydroxyl groups excluding tert-OH is 1. The van der Waals surface area contributed by atoms with Crippen molar-refractivity contribution in [3.63, 3.8) is 0 Å². The van der Waals surface area contributed by atoms with E-state index in [0.717, 1.165) is 31.6 Å². The fourth-order valence-corrected chi connectivity index (χ4v) is 2.60. The van der Waals surface area contributed by atoms with Crippen LogP contribution in [0.25, 0.3) is 0 Å². The van der Waals surface area contributed by atoms with Crippen molar-refractivity contribution in [3.8, 4) is 0 Å². The lowest BCUT2D eigenvalue weighted by atomic mass is 9.99. The average Bonchev–Trinajstić information content (AvgIpc) is 2.41. The number of anilines is 1. The molecule has 0 unspecified atom stereocenters. The predicted octanol–water partition coefficient (Wildman–Crippen LogP) is 2.66. The molecular formula is C16H26N2O. The molecule has 19 heavy (non-hydrogen) atoms. The fraction of sp³-hybridized carbons (Fsp3) is 0.625. The summed E-state index contributed by atoms with van der Waals surface area (Å²) in [5, 5.41) is 9.83. The highest BCUT2D eigenvalue weighted by Gasteiger charge is 2.30. The second-order valence-electron chi connectivity index (χ2n) is 6.17. The van der Waals surface area contributed by atoms with Gasteiger partial charge in [0.1, 0.15) is 0 Å². The maximum absolute atomic E-state index is 9.83. The highest BCUT2D eigenvalue weighted by Crippen LogP contribution is 2.26. The van der Waals surface area contributed by atoms with E-state index in [9.17, 15) is 5.11 Å². The first-order valence-corrected chi connectivity index (χ1v) is 7.18. The van der Waals surface area contributed by atoms with Crippen molar-refractivity contribution in [2.75, 3.05) is 31.6 Å². The van der Waals surface area contributed by atoms with Gasteiger partial charge in [-0.25, -0.2) is 0 Å². The summed E-state index contributed by atoms with van der Waals surface area (Å²) in [6.07, 6.45) is 0.430. The van der Waals surface area contributed by atoms with Gasteiger partial charge in [-0.3, -0.25) is 4.90 Å². The Labute approximate surface area is 116 Å². The van der Waals surface area contributed by atoms with Gasteiger partial charge in [-0.1, -0.05) is 19.1 Å². The molecule has 0 saturated carbocycles. The van der Waals surface area contributed by atoms with Crippen LogP contribution in [0.2, 0.25) is 0 Å². The van der Waals surface area contributed by atoms with Crippen molar-refractivity contribution in [1.82, 2.24) is 4.90 Å². The molecule has 1 aromatic carbocycles. The smallest absolute Gasteiger partial charge is 0.0787 e. The third-order valence-electron chi connectivity index (χ3n) is 4.35. The van der Waals surface area contributed by atoms with Gasteiger partial charge in [0.05, 0.1) is 6.10 Å². The first-order valence-electron chi connectivity index (χ1n) is 7.18. The Hall–Kier alpha value is -1.06. The molecule has 1 fully saturated rings. The third kappa shape index (κ3) is 3.10. The van der Waals surface area contributed by atoms with Crippen LogP contribution in [0.5, 0.6) is 0 Å². The maximum atomic E-state index is 9.83. The number of likely N-dealkylation sites (N-methyl/N-ethyl adjacent to an activating group) is 1. The van der Waals surface area contributed by atoms with Gasteiger partial charge in [-0.05, 0) is 45.0 Å². The Morgan fingerprint density at radius 3 is 2.37 bits per heavy atom. The van der Waals surface area contributed by atoms with Gasteiger partial charge in [-0.2, -0.15) is 0 Å². The molecule has 0 spiro atoms. The molecule has 1 N–H and O–H groups in total. The van der Waals surface area contributed by atoms with E-state index in [1.54, 1.807) is 0 Å². The molecule has 1 aromatic rings. The van der Waals surface area contributed by atoms with Gasteiger partial charge < -0.3 is 10.0 Å². The first-order chi connectivity index (χ1) is 8.94. The van der Waals surface area contributed by atoms with E-state index in [4.69, 9.17) is 0 Å². The van der Waals surface area contributed by atoms with Gasteiger partial charge in [0.15, 0.2) is 0 Å². The molecule has 0 aromatic heterocycles. The summed E-state index contributed by atoms with van der Waals surface area (Å²) < 4.78 is 0. The summed E-state index contributed by atoms with van der Waals surface area (Å²) in [5.74, 6) is 0. The van der Waals surface area contributed by atoms with Gasteiger partial charge in [0, 0.05) is 30.9 Å². The SMILES string of the molecule is CC[C@@H](O)c1ccc(N2CCN(C)C(C)(C)C2)cc1. The number of rotatable bonds is 3. The van der Waals surface area contributed by atoms with Gasteiger partial charge in [0.25, 0.3) is 0 Å². The highest BCUT2D eigenvalue weighted by atomic mass is 16.3. The monoisotopic (exact) mass is 262 g/mol. The zero-order valence-corrected chi connectivity index (χ0v) is 12.6. The minimum Gasteiger partial charge on any atom is -0.388 e. The molecule has 0 radical (unpaired) electrons. The summed E-state index contributed by atoms with van der Waals surface area (Å²) in [4.78, 5) is 4.85. The van der Waals surface area contributed by atoms with Crippen LogP contribution in [0, 0.1) is 0 Å². The summed E-state index contributed by atoms with van der Waals surface area (Å²) in [6, 6.07) is 8.37. The zero-order chi connectivity index (χ0) is 14.0. The van der Waals surface area contributed by atoms with Crippen LogP contribution in [0.15, 0.2) is 24.3 Å². The Bertz CT molecular complexity index is 413. The van der Waals surface area contributed by atoms with Crippen LogP contribution in [0.3, 0.4) is 0 Å². The Kier molecular flexibility index (Phi) is 4.16. The van der Waals surface area contributed by atoms with Crippen molar-refractivity contribution in [3.05, 3.63) is 29.8 Å². The number of benzene rings is 1. The summed E-state index contributed by atoms with van der Waals surface area (Å²) in [5.41, 5.74) is 2.48. The van der Waals surface area contributed by atoms with E-state index in [0.29, 0.717) is 0 Å². The molecule has 0 aliphatic carbocycles. The highest BCUT2D eigenvalue weighted by molar-refractivity contribution is 5.49. The molecule has 1 aliphatic rings. The van der Waals surface area contributed by atoms with E-state index < -0.39 is 0 Å². The van der Waals surface area contributed by atoms with Crippen molar-refractivity contribution in [1.29, 1.82) is 0 Å². The van der Waals surface area contributed by atoms with Crippen LogP contribution in [0.4, 0.5) is 5.69 Å². The third-order valence-corrected chi connectivity index (χ3v) is 4.35. The maximum Gasteiger partial charge on any atom is 0.0787 e. The molecule has 1 saturated heterocycles. The van der Waals surface area contributed by atoms with Gasteiger partial charge in [0.2, 0.25) is 0 Å². The Morgan fingerprint density at radius 2 is 1.84 bits per heavy atom. The number of hydrogen-bond donors (Lipinski definition) is 1. The van der Waals surface area contributed by atoms with Crippen LogP contribution in [-0.4, -0.2) is 42.2 Å². The number of aliphatic hydroxyl groups is 1. The standard InChI is InChI=1S/C16H26N2O/c1-5-15(19)13-6-8-14(9-7-13)18-11-10-17(4)16(2,3)12-18/h6-9,15,19H,5,10-12H2,1-4H3/t15-/m1/s1. The second-order valence-corrected chi connectivity index (χ2v) is 6.17. The minimum atomic E-state index is -0.335. The predicted molar refractivity (Wildman–Crippen MR) is 80.6 cm³/mol. The van der Waals surface area contributed by atoms with Crippen molar-refractivity contribution in [2.24, 2.45) is 0 Å². The van der Waals surface area contributed by atoms with Crippen LogP contribution in [0.1, 0.15) is 38.9 Å². The molecule has 3 nitrogen and oxygen atoms in total. The largest absolute Gasteiger partial charge is 0.388 e. The topological polar surface area (TPSA) is 26.7 Å². The lowest BCUT2D eigenvalue weighted by Crippen LogP contribution is -2.57. The van der Waals surface area contributed by atoms with Crippen molar-refractivity contribution in [2.45, 2.75) is 38.8 Å². The number of piperazine rings is 1. The summed E-state index contributed by atoms with van der Waals surface area (Å²) in [7, 11) is 2.19. The lowest BCUT2D eigenvalue weighted by molar-refractivity contribution is 0.139. The molecule has 0 bridgehead atoms. The van der Waals surface area contributed by atoms with Crippen LogP contribution >= 0.6 is 0 Å². The summed E-state index contributed by atoms with van der Waals surface area (Å²) >= 11 is 0. The van der Waals surface area contributed by atoms with E-state index >= 15 is 0 Å². The molecule has 0 amide bonds. The number of hydrogen-bond acceptors (Lipinski definition) is 3. The van der Waals surface area contributed by atoms with Crippen LogP contribution in [-0.2, 0) is 0 Å². The van der Waals surface area contributed by atoms with Crippen LogP contribution < -0.4 is 4.90 Å². The van der Waals surface area contributed by atoms with E-state index in [-0.39, 0.29) is 11.6 Å². The Morgan fingerprint density at radius 1 is 1.21 bits per heavy atom. The molecular weight excluding hydrogens is 236 g/mol. The summed E-state index contributed by atoms with van der Waals surface area (Å²) in [6.45, 7) is 9.77. The zero-order valence-electron chi connectivity index (χ0n) is 12.6. The van der Waals surface area contributed by atoms with Crippen molar-refractivity contribution >= 4 is 5.69 Å². The van der Waals surface area contributed by atoms with Gasteiger partial charge in [-0.15, -0.1) is 0 Å². The second kappa shape index (κ2) is 5.51.